The summed E-state index contributed by atoms with van der Waals surface area (Å²) in [5.41, 5.74) is 0.504. The van der Waals surface area contributed by atoms with Gasteiger partial charge in [0.15, 0.2) is 0 Å². The molecule has 2 heterocycles. The van der Waals surface area contributed by atoms with Crippen molar-refractivity contribution < 1.29 is 9.90 Å². The topological polar surface area (TPSA) is 65.5 Å². The summed E-state index contributed by atoms with van der Waals surface area (Å²) in [6, 6.07) is 1.64. The summed E-state index contributed by atoms with van der Waals surface area (Å²) in [6.45, 7) is 3.14. The molecule has 2 rings (SSSR count). The third-order valence-electron chi connectivity index (χ3n) is 3.83. The Bertz CT molecular complexity index is 485. The summed E-state index contributed by atoms with van der Waals surface area (Å²) in [5.74, 6) is 0.801. The fraction of sp³-hybridized carbons (Fsp3) is 0.571. The molecule has 5 nitrogen and oxygen atoms in total. The smallest absolute Gasteiger partial charge is 0.255 e. The molecule has 0 spiro atoms. The standard InChI is InChI=1S/C14H20ClN3O2/c1-9(19)10-3-5-18(6-4-10)14(20)11-7-12(15)13(16-2)17-8-11/h7-10,19H,3-6H2,1-2H3,(H,16,17). The molecule has 0 saturated carbocycles. The summed E-state index contributed by atoms with van der Waals surface area (Å²) in [4.78, 5) is 18.3. The van der Waals surface area contributed by atoms with E-state index in [0.717, 1.165) is 12.8 Å². The Balaban J connectivity index is 2.04. The van der Waals surface area contributed by atoms with E-state index in [1.54, 1.807) is 24.2 Å². The number of nitrogens with zero attached hydrogens (tertiary/aromatic N) is 2. The number of aliphatic hydroxyl groups is 1. The zero-order chi connectivity index (χ0) is 14.7. The number of rotatable bonds is 3. The maximum atomic E-state index is 12.4. The monoisotopic (exact) mass is 297 g/mol. The minimum Gasteiger partial charge on any atom is -0.393 e. The van der Waals surface area contributed by atoms with Gasteiger partial charge in [-0.2, -0.15) is 0 Å². The van der Waals surface area contributed by atoms with E-state index in [2.05, 4.69) is 10.3 Å². The van der Waals surface area contributed by atoms with Gasteiger partial charge in [-0.15, -0.1) is 0 Å². The van der Waals surface area contributed by atoms with Gasteiger partial charge in [0.2, 0.25) is 0 Å². The zero-order valence-corrected chi connectivity index (χ0v) is 12.5. The maximum Gasteiger partial charge on any atom is 0.255 e. The summed E-state index contributed by atoms with van der Waals surface area (Å²) < 4.78 is 0. The third-order valence-corrected chi connectivity index (χ3v) is 4.12. The number of aliphatic hydroxyl groups excluding tert-OH is 1. The van der Waals surface area contributed by atoms with E-state index in [9.17, 15) is 9.90 Å². The van der Waals surface area contributed by atoms with Crippen LogP contribution < -0.4 is 5.32 Å². The summed E-state index contributed by atoms with van der Waals surface area (Å²) in [7, 11) is 1.73. The SMILES string of the molecule is CNc1ncc(C(=O)N2CCC(C(C)O)CC2)cc1Cl. The van der Waals surface area contributed by atoms with E-state index in [1.807, 2.05) is 6.92 Å². The van der Waals surface area contributed by atoms with E-state index >= 15 is 0 Å². The normalized spacial score (nSPS) is 17.9. The number of piperidine rings is 1. The van der Waals surface area contributed by atoms with Crippen LogP contribution in [-0.4, -0.2) is 47.1 Å². The van der Waals surface area contributed by atoms with Gasteiger partial charge in [0.1, 0.15) is 5.82 Å². The quantitative estimate of drug-likeness (QED) is 0.896. The highest BCUT2D eigenvalue weighted by molar-refractivity contribution is 6.33. The molecule has 20 heavy (non-hydrogen) atoms. The summed E-state index contributed by atoms with van der Waals surface area (Å²) in [6.07, 6.45) is 2.90. The fourth-order valence-electron chi connectivity index (χ4n) is 2.51. The molecule has 1 aliphatic heterocycles. The molecule has 0 radical (unpaired) electrons. The van der Waals surface area contributed by atoms with Gasteiger partial charge in [0.05, 0.1) is 16.7 Å². The number of amides is 1. The number of pyridine rings is 1. The Labute approximate surface area is 123 Å². The molecule has 0 aliphatic carbocycles. The molecule has 6 heteroatoms. The van der Waals surface area contributed by atoms with Crippen molar-refractivity contribution in [1.82, 2.24) is 9.88 Å². The highest BCUT2D eigenvalue weighted by atomic mass is 35.5. The van der Waals surface area contributed by atoms with Gasteiger partial charge in [0.25, 0.3) is 5.91 Å². The lowest BCUT2D eigenvalue weighted by atomic mass is 9.92. The number of carbonyl (C=O) groups is 1. The largest absolute Gasteiger partial charge is 0.393 e. The first-order valence-electron chi connectivity index (χ1n) is 6.83. The van der Waals surface area contributed by atoms with E-state index in [-0.39, 0.29) is 17.9 Å². The first kappa shape index (κ1) is 15.1. The van der Waals surface area contributed by atoms with Crippen LogP contribution in [-0.2, 0) is 0 Å². The second kappa shape index (κ2) is 6.41. The maximum absolute atomic E-state index is 12.4. The number of hydrogen-bond acceptors (Lipinski definition) is 4. The van der Waals surface area contributed by atoms with Gasteiger partial charge in [-0.1, -0.05) is 11.6 Å². The molecular weight excluding hydrogens is 278 g/mol. The fourth-order valence-corrected chi connectivity index (χ4v) is 2.77. The molecule has 1 fully saturated rings. The Morgan fingerprint density at radius 3 is 2.70 bits per heavy atom. The molecule has 1 aliphatic rings. The van der Waals surface area contributed by atoms with Crippen molar-refractivity contribution in [1.29, 1.82) is 0 Å². The van der Waals surface area contributed by atoms with E-state index < -0.39 is 0 Å². The summed E-state index contributed by atoms with van der Waals surface area (Å²) in [5, 5.41) is 12.9. The molecule has 1 aromatic heterocycles. The lowest BCUT2D eigenvalue weighted by Crippen LogP contribution is -2.40. The lowest BCUT2D eigenvalue weighted by molar-refractivity contribution is 0.0521. The van der Waals surface area contributed by atoms with Crippen molar-refractivity contribution >= 4 is 23.3 Å². The number of halogens is 1. The molecule has 110 valence electrons. The van der Waals surface area contributed by atoms with E-state index in [4.69, 9.17) is 11.6 Å². The average Bonchev–Trinajstić information content (AvgIpc) is 2.46. The molecule has 1 saturated heterocycles. The van der Waals surface area contributed by atoms with Gasteiger partial charge in [0, 0.05) is 26.3 Å². The predicted octanol–water partition coefficient (Wildman–Crippen LogP) is 2.01. The van der Waals surface area contributed by atoms with Crippen LogP contribution in [0, 0.1) is 5.92 Å². The van der Waals surface area contributed by atoms with E-state index in [1.165, 1.54) is 0 Å². The number of nitrogens with one attached hydrogen (secondary N) is 1. The number of carbonyl (C=O) groups excluding carboxylic acids is 1. The number of hydrogen-bond donors (Lipinski definition) is 2. The lowest BCUT2D eigenvalue weighted by Gasteiger charge is -2.33. The van der Waals surface area contributed by atoms with Crippen LogP contribution in [0.5, 0.6) is 0 Å². The van der Waals surface area contributed by atoms with Crippen molar-refractivity contribution in [2.45, 2.75) is 25.9 Å². The third kappa shape index (κ3) is 3.22. The second-order valence-corrected chi connectivity index (χ2v) is 5.58. The Morgan fingerprint density at radius 2 is 2.20 bits per heavy atom. The molecule has 0 aromatic carbocycles. The van der Waals surface area contributed by atoms with E-state index in [0.29, 0.717) is 29.5 Å². The Kier molecular flexibility index (Phi) is 4.83. The number of aromatic nitrogens is 1. The van der Waals surface area contributed by atoms with Gasteiger partial charge in [-0.25, -0.2) is 4.98 Å². The van der Waals surface area contributed by atoms with Gasteiger partial charge < -0.3 is 15.3 Å². The molecule has 1 unspecified atom stereocenters. The molecule has 0 bridgehead atoms. The molecule has 1 aromatic rings. The minimum absolute atomic E-state index is 0.0499. The van der Waals surface area contributed by atoms with Crippen LogP contribution in [0.25, 0.3) is 0 Å². The van der Waals surface area contributed by atoms with Crippen LogP contribution in [0.15, 0.2) is 12.3 Å². The number of likely N-dealkylation sites (tertiary alicyclic amines) is 1. The highest BCUT2D eigenvalue weighted by Crippen LogP contribution is 2.24. The van der Waals surface area contributed by atoms with Gasteiger partial charge in [-0.3, -0.25) is 4.79 Å². The Morgan fingerprint density at radius 1 is 1.55 bits per heavy atom. The van der Waals surface area contributed by atoms with Crippen LogP contribution in [0.1, 0.15) is 30.1 Å². The Hall–Kier alpha value is -1.33. The van der Waals surface area contributed by atoms with Crippen LogP contribution in [0.2, 0.25) is 5.02 Å². The van der Waals surface area contributed by atoms with Crippen LogP contribution in [0.3, 0.4) is 0 Å². The van der Waals surface area contributed by atoms with Crippen molar-refractivity contribution in [3.63, 3.8) is 0 Å². The highest BCUT2D eigenvalue weighted by Gasteiger charge is 2.26. The predicted molar refractivity (Wildman–Crippen MR) is 79.1 cm³/mol. The van der Waals surface area contributed by atoms with Crippen LogP contribution in [0.4, 0.5) is 5.82 Å². The molecule has 1 amide bonds. The zero-order valence-electron chi connectivity index (χ0n) is 11.8. The second-order valence-electron chi connectivity index (χ2n) is 5.17. The van der Waals surface area contributed by atoms with Crippen molar-refractivity contribution in [2.75, 3.05) is 25.5 Å². The van der Waals surface area contributed by atoms with Crippen molar-refractivity contribution in [3.8, 4) is 0 Å². The average molecular weight is 298 g/mol. The summed E-state index contributed by atoms with van der Waals surface area (Å²) >= 11 is 6.05. The first-order valence-corrected chi connectivity index (χ1v) is 7.21. The van der Waals surface area contributed by atoms with Gasteiger partial charge >= 0.3 is 0 Å². The number of anilines is 1. The van der Waals surface area contributed by atoms with Gasteiger partial charge in [-0.05, 0) is 31.7 Å². The minimum atomic E-state index is -0.307. The first-order chi connectivity index (χ1) is 9.52. The molecule has 1 atom stereocenters. The van der Waals surface area contributed by atoms with Crippen molar-refractivity contribution in [3.05, 3.63) is 22.8 Å². The van der Waals surface area contributed by atoms with Crippen molar-refractivity contribution in [2.24, 2.45) is 5.92 Å². The molecular formula is C14H20ClN3O2. The molecule has 2 N–H and O–H groups in total. The van der Waals surface area contributed by atoms with Crippen LogP contribution >= 0.6 is 11.6 Å².